The highest BCUT2D eigenvalue weighted by molar-refractivity contribution is 7.71. The van der Waals surface area contributed by atoms with E-state index < -0.39 is 0 Å². The Bertz CT molecular complexity index is 818. The van der Waals surface area contributed by atoms with Gasteiger partial charge in [0.05, 0.1) is 5.69 Å². The summed E-state index contributed by atoms with van der Waals surface area (Å²) in [5, 5.41) is 0. The van der Waals surface area contributed by atoms with Gasteiger partial charge in [0.1, 0.15) is 10.5 Å². The molecule has 0 aliphatic carbocycles. The van der Waals surface area contributed by atoms with Crippen LogP contribution >= 0.6 is 12.2 Å². The number of benzene rings is 2. The molecule has 1 N–H and O–H groups in total. The van der Waals surface area contributed by atoms with E-state index in [9.17, 15) is 0 Å². The molecule has 0 bridgehead atoms. The molecule has 0 aliphatic rings. The second-order valence-corrected chi connectivity index (χ2v) is 5.51. The van der Waals surface area contributed by atoms with Crippen molar-refractivity contribution in [1.82, 2.24) is 9.97 Å². The van der Waals surface area contributed by atoms with Crippen LogP contribution in [0, 0.1) is 18.5 Å². The second-order valence-electron chi connectivity index (χ2n) is 5.12. The summed E-state index contributed by atoms with van der Waals surface area (Å²) in [6.45, 7) is 4.08. The Morgan fingerprint density at radius 3 is 2.19 bits per heavy atom. The highest BCUT2D eigenvalue weighted by atomic mass is 32.1. The molecule has 3 aromatic rings. The molecule has 0 atom stereocenters. The summed E-state index contributed by atoms with van der Waals surface area (Å²) in [6, 6.07) is 18.5. The van der Waals surface area contributed by atoms with Gasteiger partial charge in [-0.15, -0.1) is 0 Å². The summed E-state index contributed by atoms with van der Waals surface area (Å²) in [5.41, 5.74) is 5.44. The number of aryl methyl sites for hydroxylation is 1. The normalized spacial score (nSPS) is 10.6. The lowest BCUT2D eigenvalue weighted by molar-refractivity contribution is 1.12. The van der Waals surface area contributed by atoms with Gasteiger partial charge >= 0.3 is 0 Å². The van der Waals surface area contributed by atoms with E-state index in [1.165, 1.54) is 5.56 Å². The van der Waals surface area contributed by atoms with Gasteiger partial charge in [0.25, 0.3) is 0 Å². The van der Waals surface area contributed by atoms with Crippen LogP contribution in [0.2, 0.25) is 0 Å². The third-order valence-corrected chi connectivity index (χ3v) is 3.94. The van der Waals surface area contributed by atoms with Crippen LogP contribution in [-0.2, 0) is 0 Å². The van der Waals surface area contributed by atoms with Gasteiger partial charge in [-0.25, -0.2) is 4.98 Å². The van der Waals surface area contributed by atoms with Crippen LogP contribution in [0.15, 0.2) is 54.6 Å². The van der Waals surface area contributed by atoms with E-state index in [-0.39, 0.29) is 0 Å². The Balaban J connectivity index is 2.19. The van der Waals surface area contributed by atoms with Crippen LogP contribution in [0.4, 0.5) is 0 Å². The zero-order valence-electron chi connectivity index (χ0n) is 12.1. The maximum Gasteiger partial charge on any atom is 0.139 e. The minimum absolute atomic E-state index is 0.642. The fourth-order valence-corrected chi connectivity index (χ4v) is 2.47. The van der Waals surface area contributed by atoms with Gasteiger partial charge in [0.2, 0.25) is 0 Å². The number of rotatable bonds is 2. The standard InChI is InChI=1S/C18H16N2S/c1-12-8-10-15(11-9-12)17-19-16(13(2)18(21)20-17)14-6-4-3-5-7-14/h3-11H,1-2H3,(H,19,20,21). The molecule has 1 aromatic heterocycles. The van der Waals surface area contributed by atoms with Crippen LogP contribution < -0.4 is 0 Å². The molecule has 3 heteroatoms. The molecule has 0 aliphatic heterocycles. The molecule has 0 fully saturated rings. The monoisotopic (exact) mass is 292 g/mol. The molecule has 0 saturated carbocycles. The topological polar surface area (TPSA) is 28.7 Å². The Hall–Kier alpha value is -2.26. The summed E-state index contributed by atoms with van der Waals surface area (Å²) in [6.07, 6.45) is 0. The third-order valence-electron chi connectivity index (χ3n) is 3.54. The first-order chi connectivity index (χ1) is 10.1. The van der Waals surface area contributed by atoms with Crippen molar-refractivity contribution in [3.63, 3.8) is 0 Å². The quantitative estimate of drug-likeness (QED) is 0.666. The van der Waals surface area contributed by atoms with Gasteiger partial charge in [-0.05, 0) is 19.4 Å². The lowest BCUT2D eigenvalue weighted by atomic mass is 10.1. The molecule has 0 unspecified atom stereocenters. The predicted octanol–water partition coefficient (Wildman–Crippen LogP) is 5.09. The van der Waals surface area contributed by atoms with Gasteiger partial charge in [-0.1, -0.05) is 72.4 Å². The van der Waals surface area contributed by atoms with Gasteiger partial charge < -0.3 is 4.98 Å². The average molecular weight is 292 g/mol. The molecule has 2 nitrogen and oxygen atoms in total. The number of aromatic amines is 1. The molecule has 0 amide bonds. The van der Waals surface area contributed by atoms with Crippen molar-refractivity contribution in [3.05, 3.63) is 70.4 Å². The van der Waals surface area contributed by atoms with E-state index in [0.717, 1.165) is 28.2 Å². The third kappa shape index (κ3) is 2.78. The predicted molar refractivity (Wildman–Crippen MR) is 89.8 cm³/mol. The minimum Gasteiger partial charge on any atom is -0.339 e. The molecule has 0 radical (unpaired) electrons. The van der Waals surface area contributed by atoms with Crippen LogP contribution in [0.25, 0.3) is 22.6 Å². The minimum atomic E-state index is 0.642. The van der Waals surface area contributed by atoms with Crippen LogP contribution in [0.5, 0.6) is 0 Å². The van der Waals surface area contributed by atoms with E-state index in [1.807, 2.05) is 25.1 Å². The summed E-state index contributed by atoms with van der Waals surface area (Å²) in [7, 11) is 0. The van der Waals surface area contributed by atoms with Crippen molar-refractivity contribution in [2.45, 2.75) is 13.8 Å². The largest absolute Gasteiger partial charge is 0.339 e. The molecule has 21 heavy (non-hydrogen) atoms. The van der Waals surface area contributed by atoms with Gasteiger partial charge in [0.15, 0.2) is 0 Å². The fraction of sp³-hybridized carbons (Fsp3) is 0.111. The Labute approximate surface area is 129 Å². The highest BCUT2D eigenvalue weighted by Gasteiger charge is 2.08. The van der Waals surface area contributed by atoms with E-state index in [4.69, 9.17) is 12.2 Å². The molecular weight excluding hydrogens is 276 g/mol. The van der Waals surface area contributed by atoms with Crippen molar-refractivity contribution in [2.24, 2.45) is 0 Å². The van der Waals surface area contributed by atoms with E-state index in [0.29, 0.717) is 4.64 Å². The molecule has 3 rings (SSSR count). The van der Waals surface area contributed by atoms with Crippen molar-refractivity contribution >= 4 is 12.2 Å². The van der Waals surface area contributed by atoms with E-state index in [1.54, 1.807) is 0 Å². The first kappa shape index (κ1) is 13.7. The molecule has 2 aromatic carbocycles. The molecular formula is C18H16N2S. The van der Waals surface area contributed by atoms with E-state index >= 15 is 0 Å². The first-order valence-electron chi connectivity index (χ1n) is 6.88. The Morgan fingerprint density at radius 2 is 1.52 bits per heavy atom. The summed E-state index contributed by atoms with van der Waals surface area (Å²) >= 11 is 5.42. The summed E-state index contributed by atoms with van der Waals surface area (Å²) in [4.78, 5) is 7.95. The molecule has 1 heterocycles. The molecule has 0 saturated heterocycles. The fourth-order valence-electron chi connectivity index (χ4n) is 2.27. The van der Waals surface area contributed by atoms with Gasteiger partial charge in [-0.3, -0.25) is 0 Å². The van der Waals surface area contributed by atoms with Crippen LogP contribution in [0.3, 0.4) is 0 Å². The SMILES string of the molecule is Cc1ccc(-c2nc(=S)c(C)c(-c3ccccc3)[nH]2)cc1. The second kappa shape index (κ2) is 5.62. The zero-order chi connectivity index (χ0) is 14.8. The number of nitrogens with one attached hydrogen (secondary N) is 1. The summed E-state index contributed by atoms with van der Waals surface area (Å²) < 4.78 is 0.642. The van der Waals surface area contributed by atoms with Crippen molar-refractivity contribution < 1.29 is 0 Å². The average Bonchev–Trinajstić information content (AvgIpc) is 2.51. The Morgan fingerprint density at radius 1 is 0.857 bits per heavy atom. The number of H-pyrrole nitrogens is 1. The number of aromatic nitrogens is 2. The first-order valence-corrected chi connectivity index (χ1v) is 7.29. The maximum absolute atomic E-state index is 5.42. The van der Waals surface area contributed by atoms with Crippen molar-refractivity contribution in [1.29, 1.82) is 0 Å². The van der Waals surface area contributed by atoms with Crippen LogP contribution in [0.1, 0.15) is 11.1 Å². The van der Waals surface area contributed by atoms with Crippen molar-refractivity contribution in [2.75, 3.05) is 0 Å². The smallest absolute Gasteiger partial charge is 0.139 e. The lowest BCUT2D eigenvalue weighted by Crippen LogP contribution is -1.97. The summed E-state index contributed by atoms with van der Waals surface area (Å²) in [5.74, 6) is 0.810. The number of nitrogens with zero attached hydrogens (tertiary/aromatic N) is 1. The van der Waals surface area contributed by atoms with Crippen LogP contribution in [-0.4, -0.2) is 9.97 Å². The number of hydrogen-bond acceptors (Lipinski definition) is 2. The highest BCUT2D eigenvalue weighted by Crippen LogP contribution is 2.25. The van der Waals surface area contributed by atoms with Crippen molar-refractivity contribution in [3.8, 4) is 22.6 Å². The van der Waals surface area contributed by atoms with Gasteiger partial charge in [0, 0.05) is 11.1 Å². The lowest BCUT2D eigenvalue weighted by Gasteiger charge is -2.10. The Kier molecular flexibility index (Phi) is 3.67. The number of hydrogen-bond donors (Lipinski definition) is 1. The molecule has 0 spiro atoms. The van der Waals surface area contributed by atoms with Gasteiger partial charge in [-0.2, -0.15) is 0 Å². The zero-order valence-corrected chi connectivity index (χ0v) is 12.9. The van der Waals surface area contributed by atoms with E-state index in [2.05, 4.69) is 53.3 Å². The molecule has 104 valence electrons. The maximum atomic E-state index is 5.42.